The van der Waals surface area contributed by atoms with Gasteiger partial charge in [-0.1, -0.05) is 27.2 Å². The van der Waals surface area contributed by atoms with Crippen LogP contribution in [0.1, 0.15) is 59.8 Å². The third-order valence-corrected chi connectivity index (χ3v) is 3.85. The zero-order valence-corrected chi connectivity index (χ0v) is 12.1. The van der Waals surface area contributed by atoms with Gasteiger partial charge in [0.05, 0.1) is 0 Å². The number of hydrogen-bond donors (Lipinski definition) is 3. The van der Waals surface area contributed by atoms with E-state index in [1.54, 1.807) is 0 Å². The van der Waals surface area contributed by atoms with Gasteiger partial charge in [-0.3, -0.25) is 0 Å². The summed E-state index contributed by atoms with van der Waals surface area (Å²) >= 11 is 0. The van der Waals surface area contributed by atoms with E-state index in [-0.39, 0.29) is 12.1 Å². The molecule has 3 unspecified atom stereocenters. The highest BCUT2D eigenvalue weighted by atomic mass is 16.2. The molecular formula is C14H32N2O. The number of aliphatic hydroxyl groups is 1. The van der Waals surface area contributed by atoms with Crippen LogP contribution in [0.5, 0.6) is 0 Å². The predicted octanol–water partition coefficient (Wildman–Crippen LogP) is 2.28. The summed E-state index contributed by atoms with van der Waals surface area (Å²) in [6.45, 7) is 9.89. The molecule has 0 fully saturated rings. The van der Waals surface area contributed by atoms with E-state index in [1.165, 1.54) is 6.42 Å². The molecule has 0 aliphatic heterocycles. The Bertz CT molecular complexity index is 181. The van der Waals surface area contributed by atoms with Crippen LogP contribution in [0, 0.1) is 5.92 Å². The van der Waals surface area contributed by atoms with Crippen LogP contribution in [-0.2, 0) is 0 Å². The lowest BCUT2D eigenvalue weighted by atomic mass is 9.84. The Labute approximate surface area is 107 Å². The quantitative estimate of drug-likeness (QED) is 0.552. The van der Waals surface area contributed by atoms with Crippen LogP contribution < -0.4 is 11.1 Å². The summed E-state index contributed by atoms with van der Waals surface area (Å²) in [5.74, 6) is 0.705. The molecule has 0 saturated carbocycles. The molecule has 0 aromatic rings. The first-order valence-electron chi connectivity index (χ1n) is 7.12. The summed E-state index contributed by atoms with van der Waals surface area (Å²) in [4.78, 5) is 0. The molecule has 0 spiro atoms. The number of nitrogens with two attached hydrogens (primary N) is 1. The number of rotatable bonds is 10. The molecule has 0 aromatic heterocycles. The first-order chi connectivity index (χ1) is 8.03. The third-order valence-electron chi connectivity index (χ3n) is 3.85. The van der Waals surface area contributed by atoms with E-state index < -0.39 is 0 Å². The van der Waals surface area contributed by atoms with Crippen LogP contribution in [0.2, 0.25) is 0 Å². The second-order valence-corrected chi connectivity index (χ2v) is 5.47. The van der Waals surface area contributed by atoms with Crippen molar-refractivity contribution in [3.8, 4) is 0 Å². The summed E-state index contributed by atoms with van der Waals surface area (Å²) in [7, 11) is 0. The van der Waals surface area contributed by atoms with Crippen molar-refractivity contribution in [2.45, 2.75) is 71.4 Å². The molecule has 0 amide bonds. The fourth-order valence-electron chi connectivity index (χ4n) is 2.40. The Balaban J connectivity index is 4.37. The standard InChI is InChI=1S/C14H32N2O/c1-5-12(3)10-14(6-2,11-15)16-13(4)8-7-9-17/h12-13,16-17H,5-11,15H2,1-4H3. The van der Waals surface area contributed by atoms with Crippen molar-refractivity contribution in [1.29, 1.82) is 0 Å². The van der Waals surface area contributed by atoms with Gasteiger partial charge in [0.2, 0.25) is 0 Å². The second-order valence-electron chi connectivity index (χ2n) is 5.47. The first kappa shape index (κ1) is 16.9. The Kier molecular flexibility index (Phi) is 8.83. The van der Waals surface area contributed by atoms with Gasteiger partial charge < -0.3 is 16.2 Å². The highest BCUT2D eigenvalue weighted by Gasteiger charge is 2.29. The van der Waals surface area contributed by atoms with Crippen LogP contribution in [0.15, 0.2) is 0 Å². The van der Waals surface area contributed by atoms with Gasteiger partial charge in [0.1, 0.15) is 0 Å². The largest absolute Gasteiger partial charge is 0.396 e. The smallest absolute Gasteiger partial charge is 0.0431 e. The number of aliphatic hydroxyl groups excluding tert-OH is 1. The Morgan fingerprint density at radius 3 is 2.35 bits per heavy atom. The molecule has 0 aliphatic rings. The van der Waals surface area contributed by atoms with Crippen molar-refractivity contribution >= 4 is 0 Å². The lowest BCUT2D eigenvalue weighted by molar-refractivity contribution is 0.217. The Morgan fingerprint density at radius 2 is 1.94 bits per heavy atom. The van der Waals surface area contributed by atoms with E-state index >= 15 is 0 Å². The molecule has 3 atom stereocenters. The highest BCUT2D eigenvalue weighted by molar-refractivity contribution is 4.91. The van der Waals surface area contributed by atoms with Crippen molar-refractivity contribution in [3.05, 3.63) is 0 Å². The first-order valence-corrected chi connectivity index (χ1v) is 7.12. The van der Waals surface area contributed by atoms with Crippen LogP contribution in [0.25, 0.3) is 0 Å². The number of nitrogens with one attached hydrogen (secondary N) is 1. The van der Waals surface area contributed by atoms with E-state index in [0.717, 1.165) is 25.7 Å². The average molecular weight is 244 g/mol. The summed E-state index contributed by atoms with van der Waals surface area (Å²) < 4.78 is 0. The lowest BCUT2D eigenvalue weighted by Crippen LogP contribution is -2.55. The van der Waals surface area contributed by atoms with E-state index in [9.17, 15) is 0 Å². The van der Waals surface area contributed by atoms with Crippen molar-refractivity contribution in [3.63, 3.8) is 0 Å². The Hall–Kier alpha value is -0.120. The van der Waals surface area contributed by atoms with E-state index in [4.69, 9.17) is 10.8 Å². The minimum atomic E-state index is 0.0737. The van der Waals surface area contributed by atoms with E-state index in [1.807, 2.05) is 0 Å². The summed E-state index contributed by atoms with van der Waals surface area (Å²) in [6, 6.07) is 0.426. The maximum Gasteiger partial charge on any atom is 0.0431 e. The van der Waals surface area contributed by atoms with Crippen molar-refractivity contribution in [1.82, 2.24) is 5.32 Å². The molecule has 0 bridgehead atoms. The molecule has 0 heterocycles. The fourth-order valence-corrected chi connectivity index (χ4v) is 2.40. The summed E-state index contributed by atoms with van der Waals surface area (Å²) in [5, 5.41) is 12.6. The summed E-state index contributed by atoms with van der Waals surface area (Å²) in [5.41, 5.74) is 6.06. The molecule has 4 N–H and O–H groups in total. The topological polar surface area (TPSA) is 58.3 Å². The maximum absolute atomic E-state index is 8.86. The zero-order chi connectivity index (χ0) is 13.3. The highest BCUT2D eigenvalue weighted by Crippen LogP contribution is 2.23. The van der Waals surface area contributed by atoms with Crippen molar-refractivity contribution in [2.24, 2.45) is 11.7 Å². The maximum atomic E-state index is 8.86. The van der Waals surface area contributed by atoms with E-state index in [0.29, 0.717) is 18.5 Å². The van der Waals surface area contributed by atoms with Crippen LogP contribution in [-0.4, -0.2) is 29.8 Å². The van der Waals surface area contributed by atoms with Crippen molar-refractivity contribution < 1.29 is 5.11 Å². The van der Waals surface area contributed by atoms with Gasteiger partial charge >= 0.3 is 0 Å². The van der Waals surface area contributed by atoms with E-state index in [2.05, 4.69) is 33.0 Å². The molecule has 0 radical (unpaired) electrons. The average Bonchev–Trinajstić information content (AvgIpc) is 2.35. The molecule has 0 aliphatic carbocycles. The third kappa shape index (κ3) is 6.39. The second kappa shape index (κ2) is 8.90. The van der Waals surface area contributed by atoms with Gasteiger partial charge in [-0.05, 0) is 38.5 Å². The van der Waals surface area contributed by atoms with Crippen LogP contribution in [0.3, 0.4) is 0 Å². The molecule has 0 saturated heterocycles. The summed E-state index contributed by atoms with van der Waals surface area (Å²) in [6.07, 6.45) is 5.28. The van der Waals surface area contributed by atoms with Gasteiger partial charge in [-0.2, -0.15) is 0 Å². The zero-order valence-electron chi connectivity index (χ0n) is 12.1. The van der Waals surface area contributed by atoms with Crippen LogP contribution in [0.4, 0.5) is 0 Å². The SMILES string of the molecule is CCC(C)CC(CC)(CN)NC(C)CCCO. The molecule has 0 aromatic carbocycles. The number of hydrogen-bond acceptors (Lipinski definition) is 3. The molecule has 0 rings (SSSR count). The Morgan fingerprint density at radius 1 is 1.29 bits per heavy atom. The molecule has 3 nitrogen and oxygen atoms in total. The molecule has 17 heavy (non-hydrogen) atoms. The minimum Gasteiger partial charge on any atom is -0.396 e. The van der Waals surface area contributed by atoms with Gasteiger partial charge in [0.15, 0.2) is 0 Å². The fraction of sp³-hybridized carbons (Fsp3) is 1.00. The molecular weight excluding hydrogens is 212 g/mol. The lowest BCUT2D eigenvalue weighted by Gasteiger charge is -2.38. The van der Waals surface area contributed by atoms with Crippen LogP contribution >= 0.6 is 0 Å². The molecule has 104 valence electrons. The normalized spacial score (nSPS) is 18.7. The van der Waals surface area contributed by atoms with Gasteiger partial charge in [0, 0.05) is 24.7 Å². The minimum absolute atomic E-state index is 0.0737. The van der Waals surface area contributed by atoms with Crippen molar-refractivity contribution in [2.75, 3.05) is 13.2 Å². The van der Waals surface area contributed by atoms with Gasteiger partial charge in [-0.25, -0.2) is 0 Å². The monoisotopic (exact) mass is 244 g/mol. The van der Waals surface area contributed by atoms with Gasteiger partial charge in [-0.15, -0.1) is 0 Å². The predicted molar refractivity (Wildman–Crippen MR) is 75.1 cm³/mol. The van der Waals surface area contributed by atoms with Gasteiger partial charge in [0.25, 0.3) is 0 Å². The molecule has 3 heteroatoms.